The van der Waals surface area contributed by atoms with E-state index in [0.717, 1.165) is 23.8 Å². The van der Waals surface area contributed by atoms with Crippen molar-refractivity contribution in [1.29, 1.82) is 0 Å². The van der Waals surface area contributed by atoms with Crippen LogP contribution >= 0.6 is 0 Å². The Labute approximate surface area is 224 Å². The number of carboxylic acid groups (broad SMARTS) is 1. The summed E-state index contributed by atoms with van der Waals surface area (Å²) in [4.78, 5) is 9.25. The highest BCUT2D eigenvalue weighted by Crippen LogP contribution is 2.35. The van der Waals surface area contributed by atoms with Gasteiger partial charge in [-0.15, -0.1) is 0 Å². The van der Waals surface area contributed by atoms with E-state index in [-0.39, 0.29) is 5.54 Å². The number of para-hydroxylation sites is 1. The van der Waals surface area contributed by atoms with Gasteiger partial charge in [0.1, 0.15) is 11.5 Å². The lowest BCUT2D eigenvalue weighted by atomic mass is 9.91. The van der Waals surface area contributed by atoms with Crippen LogP contribution in [0, 0.1) is 0 Å². The van der Waals surface area contributed by atoms with Gasteiger partial charge in [-0.1, -0.05) is 76.3 Å². The molecule has 0 fully saturated rings. The number of aromatic hydroxyl groups is 1. The van der Waals surface area contributed by atoms with Gasteiger partial charge in [-0.25, -0.2) is 4.79 Å². The molecule has 0 atom stereocenters. The second kappa shape index (κ2) is 17.3. The molecule has 204 valence electrons. The van der Waals surface area contributed by atoms with Crippen LogP contribution in [0.25, 0.3) is 5.57 Å². The molecule has 0 aliphatic carbocycles. The highest BCUT2D eigenvalue weighted by atomic mass is 16.5. The number of unbranched alkanes of at least 4 members (excludes halogenated alkanes) is 6. The maximum Gasteiger partial charge on any atom is 0.327 e. The average Bonchev–Trinajstić information content (AvgIpc) is 2.85. The van der Waals surface area contributed by atoms with Crippen LogP contribution in [-0.2, 0) is 11.2 Å². The first kappa shape index (κ1) is 31.8. The van der Waals surface area contributed by atoms with Crippen LogP contribution in [0.5, 0.6) is 11.5 Å². The fourth-order valence-corrected chi connectivity index (χ4v) is 4.21. The van der Waals surface area contributed by atoms with Crippen LogP contribution in [0.3, 0.4) is 0 Å². The van der Waals surface area contributed by atoms with Crippen LogP contribution < -0.4 is 10.1 Å². The van der Waals surface area contributed by atoms with Gasteiger partial charge in [0.15, 0.2) is 0 Å². The van der Waals surface area contributed by atoms with Crippen molar-refractivity contribution in [2.75, 3.05) is 11.9 Å². The second-order valence-corrected chi connectivity index (χ2v) is 9.86. The first-order valence-electron chi connectivity index (χ1n) is 13.5. The first-order chi connectivity index (χ1) is 17.6. The summed E-state index contributed by atoms with van der Waals surface area (Å²) >= 11 is 0. The largest absolute Gasteiger partial charge is 0.508 e. The zero-order valence-corrected chi connectivity index (χ0v) is 23.5. The molecule has 0 aromatic heterocycles. The van der Waals surface area contributed by atoms with E-state index in [1.54, 1.807) is 6.07 Å². The summed E-state index contributed by atoms with van der Waals surface area (Å²) < 4.78 is 5.52. The number of nitrogens with one attached hydrogen (secondary N) is 1. The van der Waals surface area contributed by atoms with Crippen LogP contribution in [0.15, 0.2) is 61.2 Å². The molecular formula is C32H47NO4. The van der Waals surface area contributed by atoms with Crippen molar-refractivity contribution >= 4 is 17.2 Å². The molecular weight excluding hydrogens is 462 g/mol. The highest BCUT2D eigenvalue weighted by Gasteiger charge is 2.22. The summed E-state index contributed by atoms with van der Waals surface area (Å²) in [5, 5.41) is 20.7. The van der Waals surface area contributed by atoms with Crippen LogP contribution in [0.1, 0.15) is 90.7 Å². The third-order valence-electron chi connectivity index (χ3n) is 5.98. The number of hydrogen-bond acceptors (Lipinski definition) is 4. The lowest BCUT2D eigenvalue weighted by molar-refractivity contribution is -0.131. The summed E-state index contributed by atoms with van der Waals surface area (Å²) in [7, 11) is 0. The second-order valence-electron chi connectivity index (χ2n) is 9.86. The number of benzene rings is 2. The minimum atomic E-state index is -0.981. The van der Waals surface area contributed by atoms with Crippen LogP contribution in [-0.4, -0.2) is 28.3 Å². The summed E-state index contributed by atoms with van der Waals surface area (Å²) in [6.07, 6.45) is 13.4. The number of hydrogen-bond donors (Lipinski definition) is 3. The normalized spacial score (nSPS) is 12.8. The predicted molar refractivity (Wildman–Crippen MR) is 157 cm³/mol. The van der Waals surface area contributed by atoms with Crippen molar-refractivity contribution in [2.45, 2.75) is 91.5 Å². The minimum Gasteiger partial charge on any atom is -0.508 e. The fraction of sp³-hybridized carbons (Fsp3) is 0.469. The third-order valence-corrected chi connectivity index (χ3v) is 5.98. The maximum absolute atomic E-state index is 9.58. The van der Waals surface area contributed by atoms with Crippen molar-refractivity contribution in [3.05, 3.63) is 72.3 Å². The number of allylic oxidation sites excluding steroid dienone is 1. The number of aryl methyl sites for hydroxylation is 1. The Morgan fingerprint density at radius 2 is 1.65 bits per heavy atom. The SMILES string of the molecule is C=CC(=O)O.CCCCCCCCCc1ccccc1O.CCOc1ccc2c(c1)C(C)=CC(C)(C)N2. The molecule has 0 unspecified atom stereocenters. The van der Waals surface area contributed by atoms with Crippen molar-refractivity contribution < 1.29 is 19.7 Å². The van der Waals surface area contributed by atoms with E-state index in [0.29, 0.717) is 12.4 Å². The molecule has 2 aromatic carbocycles. The molecule has 0 radical (unpaired) electrons. The van der Waals surface area contributed by atoms with E-state index in [1.165, 1.54) is 61.8 Å². The molecule has 0 bridgehead atoms. The Morgan fingerprint density at radius 1 is 1.03 bits per heavy atom. The van der Waals surface area contributed by atoms with Gasteiger partial charge in [-0.05, 0) is 75.9 Å². The molecule has 0 amide bonds. The number of ether oxygens (including phenoxy) is 1. The van der Waals surface area contributed by atoms with Crippen molar-refractivity contribution in [3.8, 4) is 11.5 Å². The molecule has 5 heteroatoms. The quantitative estimate of drug-likeness (QED) is 0.209. The standard InChI is InChI=1S/C15H24O.C14H19NO.C3H4O2/c1-2-3-4-5-6-7-8-11-14-12-9-10-13-15(14)16;1-5-16-11-6-7-13-12(8-11)10(2)9-14(3,4)15-13;1-2-3(4)5/h9-10,12-13,16H,2-8,11H2,1H3;6-9,15H,5H2,1-4H3;2H,1H2,(H,4,5). The van der Waals surface area contributed by atoms with Gasteiger partial charge in [0.05, 0.1) is 12.1 Å². The Balaban J connectivity index is 0.000000314. The van der Waals surface area contributed by atoms with E-state index in [4.69, 9.17) is 9.84 Å². The lowest BCUT2D eigenvalue weighted by Gasteiger charge is -2.31. The molecule has 2 aromatic rings. The summed E-state index contributed by atoms with van der Waals surface area (Å²) in [6, 6.07) is 13.9. The predicted octanol–water partition coefficient (Wildman–Crippen LogP) is 8.64. The fourth-order valence-electron chi connectivity index (χ4n) is 4.21. The van der Waals surface area contributed by atoms with E-state index in [1.807, 2.05) is 31.2 Å². The molecule has 0 saturated heterocycles. The molecule has 3 N–H and O–H groups in total. The van der Waals surface area contributed by atoms with E-state index >= 15 is 0 Å². The molecule has 3 rings (SSSR count). The summed E-state index contributed by atoms with van der Waals surface area (Å²) in [5.41, 5.74) is 4.86. The number of phenols is 1. The van der Waals surface area contributed by atoms with E-state index < -0.39 is 5.97 Å². The highest BCUT2D eigenvalue weighted by molar-refractivity contribution is 5.81. The van der Waals surface area contributed by atoms with Gasteiger partial charge >= 0.3 is 5.97 Å². The first-order valence-corrected chi connectivity index (χ1v) is 13.5. The van der Waals surface area contributed by atoms with E-state index in [9.17, 15) is 9.90 Å². The number of carboxylic acids is 1. The van der Waals surface area contributed by atoms with Gasteiger partial charge in [0.25, 0.3) is 0 Å². The Morgan fingerprint density at radius 3 is 2.24 bits per heavy atom. The molecule has 1 heterocycles. The molecule has 0 spiro atoms. The molecule has 0 saturated carbocycles. The minimum absolute atomic E-state index is 0.0320. The Kier molecular flexibility index (Phi) is 14.9. The number of carbonyl (C=O) groups is 1. The summed E-state index contributed by atoms with van der Waals surface area (Å²) in [5.74, 6) is 0.411. The van der Waals surface area contributed by atoms with Crippen molar-refractivity contribution in [3.63, 3.8) is 0 Å². The Hall–Kier alpha value is -3.21. The van der Waals surface area contributed by atoms with Crippen LogP contribution in [0.4, 0.5) is 5.69 Å². The van der Waals surface area contributed by atoms with Gasteiger partial charge in [0.2, 0.25) is 0 Å². The number of aliphatic carboxylic acids is 1. The lowest BCUT2D eigenvalue weighted by Crippen LogP contribution is -2.31. The molecule has 5 nitrogen and oxygen atoms in total. The third kappa shape index (κ3) is 13.1. The summed E-state index contributed by atoms with van der Waals surface area (Å²) in [6.45, 7) is 14.4. The van der Waals surface area contributed by atoms with Gasteiger partial charge in [-0.3, -0.25) is 0 Å². The average molecular weight is 510 g/mol. The smallest absolute Gasteiger partial charge is 0.327 e. The van der Waals surface area contributed by atoms with Crippen molar-refractivity contribution in [1.82, 2.24) is 0 Å². The van der Waals surface area contributed by atoms with Crippen molar-refractivity contribution in [2.24, 2.45) is 0 Å². The number of anilines is 1. The monoisotopic (exact) mass is 509 g/mol. The molecule has 37 heavy (non-hydrogen) atoms. The number of phenolic OH excluding ortho intramolecular Hbond substituents is 1. The van der Waals surface area contributed by atoms with Gasteiger partial charge in [-0.2, -0.15) is 0 Å². The number of fused-ring (bicyclic) bond motifs is 1. The zero-order valence-electron chi connectivity index (χ0n) is 23.5. The van der Waals surface area contributed by atoms with E-state index in [2.05, 4.69) is 57.8 Å². The van der Waals surface area contributed by atoms with Crippen LogP contribution in [0.2, 0.25) is 0 Å². The topological polar surface area (TPSA) is 78.8 Å². The maximum atomic E-state index is 9.58. The number of rotatable bonds is 11. The van der Waals surface area contributed by atoms with Gasteiger partial charge < -0.3 is 20.3 Å². The zero-order chi connectivity index (χ0) is 27.7. The Bertz CT molecular complexity index is 994. The molecule has 1 aliphatic heterocycles. The molecule has 1 aliphatic rings. The van der Waals surface area contributed by atoms with Gasteiger partial charge in [0, 0.05) is 17.3 Å².